The molecule has 0 saturated heterocycles. The molecule has 0 amide bonds. The van der Waals surface area contributed by atoms with Gasteiger partial charge in [0.2, 0.25) is 0 Å². The minimum atomic E-state index is 0.678. The number of rotatable bonds is 8. The van der Waals surface area contributed by atoms with Gasteiger partial charge in [-0.3, -0.25) is 0 Å². The molecule has 1 heterocycles. The Balaban J connectivity index is 2.34. The molecule has 0 radical (unpaired) electrons. The van der Waals surface area contributed by atoms with Crippen LogP contribution < -0.4 is 10.6 Å². The summed E-state index contributed by atoms with van der Waals surface area (Å²) in [7, 11) is 3.44. The Kier molecular flexibility index (Phi) is 6.04. The van der Waals surface area contributed by atoms with Crippen molar-refractivity contribution in [3.8, 4) is 11.1 Å². The maximum absolute atomic E-state index is 5.97. The van der Waals surface area contributed by atoms with Crippen molar-refractivity contribution < 1.29 is 9.47 Å². The van der Waals surface area contributed by atoms with E-state index in [-0.39, 0.29) is 0 Å². The Hall–Kier alpha value is -1.56. The zero-order chi connectivity index (χ0) is 15.1. The van der Waals surface area contributed by atoms with Crippen molar-refractivity contribution in [2.24, 2.45) is 0 Å². The van der Waals surface area contributed by atoms with Crippen molar-refractivity contribution in [2.75, 3.05) is 51.2 Å². The van der Waals surface area contributed by atoms with E-state index in [2.05, 4.69) is 27.8 Å². The van der Waals surface area contributed by atoms with Crippen LogP contribution in [0.2, 0.25) is 0 Å². The average molecular weight is 306 g/mol. The molecule has 0 atom stereocenters. The molecule has 2 rings (SSSR count). The first-order valence-electron chi connectivity index (χ1n) is 6.91. The fourth-order valence-electron chi connectivity index (χ4n) is 2.23. The first kappa shape index (κ1) is 15.8. The number of thiophene rings is 1. The van der Waals surface area contributed by atoms with E-state index >= 15 is 0 Å². The zero-order valence-corrected chi connectivity index (χ0v) is 13.4. The summed E-state index contributed by atoms with van der Waals surface area (Å²) in [6.45, 7) is 3.00. The summed E-state index contributed by atoms with van der Waals surface area (Å²) in [6, 6.07) is 8.17. The summed E-state index contributed by atoms with van der Waals surface area (Å²) in [6.07, 6.45) is 0. The molecule has 0 spiro atoms. The van der Waals surface area contributed by atoms with Gasteiger partial charge in [-0.25, -0.2) is 0 Å². The van der Waals surface area contributed by atoms with Gasteiger partial charge in [0.05, 0.1) is 13.2 Å². The molecule has 5 heteroatoms. The molecule has 2 N–H and O–H groups in total. The molecule has 0 bridgehead atoms. The molecule has 0 fully saturated rings. The van der Waals surface area contributed by atoms with Crippen LogP contribution in [0, 0.1) is 0 Å². The summed E-state index contributed by atoms with van der Waals surface area (Å²) in [4.78, 5) is 2.28. The van der Waals surface area contributed by atoms with Crippen LogP contribution in [-0.4, -0.2) is 40.5 Å². The van der Waals surface area contributed by atoms with Crippen LogP contribution in [0.15, 0.2) is 35.0 Å². The number of methoxy groups -OCH3 is 2. The lowest BCUT2D eigenvalue weighted by Crippen LogP contribution is -2.31. The lowest BCUT2D eigenvalue weighted by Gasteiger charge is -2.27. The quantitative estimate of drug-likeness (QED) is 0.761. The predicted octanol–water partition coefficient (Wildman–Crippen LogP) is 3.10. The van der Waals surface area contributed by atoms with Gasteiger partial charge >= 0.3 is 0 Å². The second-order valence-electron chi connectivity index (χ2n) is 4.76. The van der Waals surface area contributed by atoms with Crippen molar-refractivity contribution in [3.05, 3.63) is 35.0 Å². The van der Waals surface area contributed by atoms with Crippen LogP contribution in [0.4, 0.5) is 11.4 Å². The average Bonchev–Trinajstić information content (AvgIpc) is 3.02. The second-order valence-corrected chi connectivity index (χ2v) is 5.54. The summed E-state index contributed by atoms with van der Waals surface area (Å²) < 4.78 is 10.4. The molecule has 1 aromatic heterocycles. The number of ether oxygens (including phenoxy) is 2. The molecule has 114 valence electrons. The van der Waals surface area contributed by atoms with Gasteiger partial charge < -0.3 is 20.1 Å². The van der Waals surface area contributed by atoms with Crippen LogP contribution in [0.3, 0.4) is 0 Å². The second kappa shape index (κ2) is 8.02. The van der Waals surface area contributed by atoms with Crippen molar-refractivity contribution in [1.82, 2.24) is 0 Å². The fourth-order valence-corrected chi connectivity index (χ4v) is 2.89. The largest absolute Gasteiger partial charge is 0.399 e. The van der Waals surface area contributed by atoms with Gasteiger partial charge in [-0.15, -0.1) is 0 Å². The molecular weight excluding hydrogens is 284 g/mol. The summed E-state index contributed by atoms with van der Waals surface area (Å²) in [5, 5.41) is 4.22. The lowest BCUT2D eigenvalue weighted by molar-refractivity contribution is 0.190. The number of benzene rings is 1. The van der Waals surface area contributed by atoms with Gasteiger partial charge in [-0.2, -0.15) is 11.3 Å². The smallest absolute Gasteiger partial charge is 0.0637 e. The predicted molar refractivity (Wildman–Crippen MR) is 90.1 cm³/mol. The van der Waals surface area contributed by atoms with Crippen LogP contribution in [-0.2, 0) is 9.47 Å². The number of nitrogens with zero attached hydrogens (tertiary/aromatic N) is 1. The fraction of sp³-hybridized carbons (Fsp3) is 0.375. The third-order valence-corrected chi connectivity index (χ3v) is 4.01. The van der Waals surface area contributed by atoms with E-state index in [1.165, 1.54) is 5.56 Å². The maximum atomic E-state index is 5.97. The lowest BCUT2D eigenvalue weighted by atomic mass is 10.0. The minimum Gasteiger partial charge on any atom is -0.399 e. The molecule has 4 nitrogen and oxygen atoms in total. The molecule has 0 aliphatic rings. The molecule has 0 unspecified atom stereocenters. The molecule has 2 aromatic rings. The summed E-state index contributed by atoms with van der Waals surface area (Å²) >= 11 is 1.69. The van der Waals surface area contributed by atoms with Crippen LogP contribution >= 0.6 is 11.3 Å². The van der Waals surface area contributed by atoms with Crippen molar-refractivity contribution in [2.45, 2.75) is 0 Å². The Morgan fingerprint density at radius 2 is 1.81 bits per heavy atom. The third-order valence-electron chi connectivity index (χ3n) is 3.32. The number of hydrogen-bond acceptors (Lipinski definition) is 5. The van der Waals surface area contributed by atoms with E-state index < -0.39 is 0 Å². The van der Waals surface area contributed by atoms with Gasteiger partial charge in [0.1, 0.15) is 0 Å². The Morgan fingerprint density at radius 3 is 2.38 bits per heavy atom. The van der Waals surface area contributed by atoms with E-state index in [1.54, 1.807) is 25.6 Å². The number of hydrogen-bond donors (Lipinski definition) is 1. The van der Waals surface area contributed by atoms with Crippen LogP contribution in [0.5, 0.6) is 0 Å². The maximum Gasteiger partial charge on any atom is 0.0637 e. The molecule has 0 aliphatic carbocycles. The third kappa shape index (κ3) is 4.20. The Labute approximate surface area is 130 Å². The van der Waals surface area contributed by atoms with Gasteiger partial charge in [-0.1, -0.05) is 0 Å². The highest BCUT2D eigenvalue weighted by molar-refractivity contribution is 7.08. The Bertz CT molecular complexity index is 535. The van der Waals surface area contributed by atoms with Crippen molar-refractivity contribution in [1.29, 1.82) is 0 Å². The highest BCUT2D eigenvalue weighted by atomic mass is 32.1. The summed E-state index contributed by atoms with van der Waals surface area (Å²) in [5.41, 5.74) is 10.3. The van der Waals surface area contributed by atoms with Crippen molar-refractivity contribution in [3.63, 3.8) is 0 Å². The zero-order valence-electron chi connectivity index (χ0n) is 12.5. The SMILES string of the molecule is COCCN(CCOC)c1ccc(N)cc1-c1ccsc1. The first-order valence-corrected chi connectivity index (χ1v) is 7.85. The van der Waals surface area contributed by atoms with Gasteiger partial charge in [-0.05, 0) is 40.6 Å². The minimum absolute atomic E-state index is 0.678. The van der Waals surface area contributed by atoms with Gasteiger partial charge in [0, 0.05) is 44.2 Å². The van der Waals surface area contributed by atoms with Crippen molar-refractivity contribution >= 4 is 22.7 Å². The van der Waals surface area contributed by atoms with E-state index in [4.69, 9.17) is 15.2 Å². The molecule has 1 aromatic carbocycles. The highest BCUT2D eigenvalue weighted by Gasteiger charge is 2.13. The van der Waals surface area contributed by atoms with E-state index in [0.29, 0.717) is 13.2 Å². The Morgan fingerprint density at radius 1 is 1.10 bits per heavy atom. The normalized spacial score (nSPS) is 10.8. The summed E-state index contributed by atoms with van der Waals surface area (Å²) in [5.74, 6) is 0. The highest BCUT2D eigenvalue weighted by Crippen LogP contribution is 2.33. The van der Waals surface area contributed by atoms with E-state index in [0.717, 1.165) is 30.0 Å². The van der Waals surface area contributed by atoms with E-state index in [9.17, 15) is 0 Å². The molecule has 0 saturated carbocycles. The molecule has 0 aliphatic heterocycles. The number of nitrogens with two attached hydrogens (primary N) is 1. The van der Waals surface area contributed by atoms with Gasteiger partial charge in [0.15, 0.2) is 0 Å². The molecular formula is C16H22N2O2S. The standard InChI is InChI=1S/C16H22N2O2S/c1-19-8-6-18(7-9-20-2)16-4-3-14(17)11-15(16)13-5-10-21-12-13/h3-5,10-12H,6-9,17H2,1-2H3. The van der Waals surface area contributed by atoms with Crippen LogP contribution in [0.1, 0.15) is 0 Å². The monoisotopic (exact) mass is 306 g/mol. The number of nitrogen functional groups attached to an aromatic ring is 1. The number of anilines is 2. The van der Waals surface area contributed by atoms with E-state index in [1.807, 2.05) is 12.1 Å². The topological polar surface area (TPSA) is 47.7 Å². The molecule has 21 heavy (non-hydrogen) atoms. The van der Waals surface area contributed by atoms with Gasteiger partial charge in [0.25, 0.3) is 0 Å². The first-order chi connectivity index (χ1) is 10.3. The van der Waals surface area contributed by atoms with Crippen LogP contribution in [0.25, 0.3) is 11.1 Å².